The summed E-state index contributed by atoms with van der Waals surface area (Å²) in [5.74, 6) is 0.613. The summed E-state index contributed by atoms with van der Waals surface area (Å²) in [4.78, 5) is 70.8. The number of benzene rings is 3. The van der Waals surface area contributed by atoms with Crippen molar-refractivity contribution in [2.24, 2.45) is 5.92 Å². The van der Waals surface area contributed by atoms with Crippen LogP contribution in [0.15, 0.2) is 116 Å². The zero-order chi connectivity index (χ0) is 40.1. The molecule has 0 aliphatic carbocycles. The lowest BCUT2D eigenvalue weighted by molar-refractivity contribution is -0.135. The lowest BCUT2D eigenvalue weighted by Gasteiger charge is -2.29. The van der Waals surface area contributed by atoms with Crippen molar-refractivity contribution in [3.63, 3.8) is 0 Å². The summed E-state index contributed by atoms with van der Waals surface area (Å²) in [6, 6.07) is 22.9. The van der Waals surface area contributed by atoms with Crippen LogP contribution in [0.4, 0.5) is 9.59 Å². The number of alkyl carbamates (subject to hydrolysis) is 2. The van der Waals surface area contributed by atoms with Crippen LogP contribution in [0.1, 0.15) is 49.2 Å². The Kier molecular flexibility index (Phi) is 11.3. The number of hydrogen-bond acceptors (Lipinski definition) is 8. The summed E-state index contributed by atoms with van der Waals surface area (Å²) in [5, 5.41) is 5.34. The van der Waals surface area contributed by atoms with Gasteiger partial charge >= 0.3 is 12.2 Å². The van der Waals surface area contributed by atoms with Gasteiger partial charge in [-0.25, -0.2) is 19.6 Å². The van der Waals surface area contributed by atoms with E-state index >= 15 is 0 Å². The Morgan fingerprint density at radius 3 is 1.58 bits per heavy atom. The molecule has 2 aliphatic heterocycles. The highest BCUT2D eigenvalue weighted by atomic mass is 16.5. The zero-order valence-corrected chi connectivity index (χ0v) is 32.0. The van der Waals surface area contributed by atoms with Crippen molar-refractivity contribution in [1.82, 2.24) is 40.4 Å². The van der Waals surface area contributed by atoms with Crippen molar-refractivity contribution in [2.75, 3.05) is 27.3 Å². The Hall–Kier alpha value is -6.96. The van der Waals surface area contributed by atoms with E-state index in [0.717, 1.165) is 33.6 Å². The van der Waals surface area contributed by atoms with E-state index < -0.39 is 36.4 Å². The maximum absolute atomic E-state index is 13.8. The average molecular weight is 769 g/mol. The summed E-state index contributed by atoms with van der Waals surface area (Å²) in [5.41, 5.74) is 6.20. The fourth-order valence-corrected chi connectivity index (χ4v) is 7.08. The molecule has 0 bridgehead atoms. The van der Waals surface area contributed by atoms with Crippen LogP contribution in [0.3, 0.4) is 0 Å². The van der Waals surface area contributed by atoms with Gasteiger partial charge < -0.3 is 39.9 Å². The lowest BCUT2D eigenvalue weighted by atomic mass is 10.0. The first-order valence-corrected chi connectivity index (χ1v) is 18.6. The Morgan fingerprint density at radius 2 is 1.11 bits per heavy atom. The number of ether oxygens (including phenoxy) is 2. The average Bonchev–Trinajstić information content (AvgIpc) is 4.09. The summed E-state index contributed by atoms with van der Waals surface area (Å²) in [6.07, 6.45) is 9.87. The smallest absolute Gasteiger partial charge is 0.407 e. The molecule has 3 aromatic carbocycles. The highest BCUT2D eigenvalue weighted by Gasteiger charge is 2.36. The number of nitrogens with one attached hydrogen (secondary N) is 4. The molecule has 5 aromatic rings. The molecule has 0 saturated carbocycles. The molecule has 7 rings (SSSR count). The van der Waals surface area contributed by atoms with Gasteiger partial charge in [0.05, 0.1) is 38.0 Å². The van der Waals surface area contributed by atoms with Crippen molar-refractivity contribution < 1.29 is 28.7 Å². The number of amides is 4. The van der Waals surface area contributed by atoms with E-state index in [0.29, 0.717) is 30.3 Å². The maximum atomic E-state index is 13.8. The van der Waals surface area contributed by atoms with E-state index in [4.69, 9.17) is 9.47 Å². The number of rotatable bonds is 11. The summed E-state index contributed by atoms with van der Waals surface area (Å²) >= 11 is 0. The minimum atomic E-state index is -0.923. The van der Waals surface area contributed by atoms with Gasteiger partial charge in [0, 0.05) is 13.1 Å². The van der Waals surface area contributed by atoms with Gasteiger partial charge in [0.1, 0.15) is 35.8 Å². The van der Waals surface area contributed by atoms with E-state index in [1.807, 2.05) is 105 Å². The first-order valence-electron chi connectivity index (χ1n) is 18.6. The molecule has 292 valence electrons. The molecule has 0 spiro atoms. The number of H-pyrrole nitrogens is 2. The standard InChI is InChI=1S/C43H44N8O6/c1-26(2)36(48-42(54)56-3)40(52)50-22-8-12-34(50)38-44-24-32(46-38)29-18-14-27(15-19-29)28-16-20-30(21-17-28)33-25-45-39(47-33)35-13-9-23-51(35)41(53)37(49-43(55)57-4)31-10-6-5-7-11-31/h5-21,24-26,34-37H,22-23H2,1-4H3,(H,44,46)(H,45,47)(H,48,54)(H,49,55)/t34?,35?,36-,37-/m0/s1. The van der Waals surface area contributed by atoms with Gasteiger partial charge in [0.25, 0.3) is 5.91 Å². The Bertz CT molecular complexity index is 2280. The lowest BCUT2D eigenvalue weighted by Crippen LogP contribution is -2.51. The number of hydrogen-bond donors (Lipinski definition) is 4. The zero-order valence-electron chi connectivity index (χ0n) is 32.0. The molecule has 0 saturated heterocycles. The van der Waals surface area contributed by atoms with Crippen LogP contribution in [0.5, 0.6) is 0 Å². The van der Waals surface area contributed by atoms with Gasteiger partial charge in [-0.2, -0.15) is 0 Å². The fraction of sp³-hybridized carbons (Fsp3) is 0.256. The molecule has 2 aliphatic rings. The minimum absolute atomic E-state index is 0.138. The summed E-state index contributed by atoms with van der Waals surface area (Å²) in [6.45, 7) is 4.53. The molecule has 4 amide bonds. The number of imidazole rings is 2. The molecule has 0 radical (unpaired) electrons. The largest absolute Gasteiger partial charge is 0.453 e. The van der Waals surface area contributed by atoms with Crippen molar-refractivity contribution in [3.05, 3.63) is 133 Å². The molecule has 14 heteroatoms. The van der Waals surface area contributed by atoms with Crippen molar-refractivity contribution in [1.29, 1.82) is 0 Å². The highest BCUT2D eigenvalue weighted by Crippen LogP contribution is 2.33. The van der Waals surface area contributed by atoms with E-state index in [9.17, 15) is 19.2 Å². The van der Waals surface area contributed by atoms with Gasteiger partial charge in [0.2, 0.25) is 5.91 Å². The quantitative estimate of drug-likeness (QED) is 0.110. The SMILES string of the molecule is COC(=O)N[C@H](C(=O)N1CC=CC1c1ncc(-c2ccc(-c3ccc(-c4cnc(C5C=CCN5C(=O)[C@@H](NC(=O)OC)C(C)C)[nH]4)cc3)cc2)[nH]1)c1ccccc1. The molecular weight excluding hydrogens is 725 g/mol. The van der Waals surface area contributed by atoms with E-state index in [1.165, 1.54) is 14.2 Å². The molecule has 2 aromatic heterocycles. The first kappa shape index (κ1) is 38.3. The number of carbonyl (C=O) groups is 4. The number of methoxy groups -OCH3 is 2. The highest BCUT2D eigenvalue weighted by molar-refractivity contribution is 5.88. The molecule has 14 nitrogen and oxygen atoms in total. The normalized spacial score (nSPS) is 17.1. The molecule has 4 heterocycles. The van der Waals surface area contributed by atoms with Crippen molar-refractivity contribution >= 4 is 24.0 Å². The minimum Gasteiger partial charge on any atom is -0.453 e. The van der Waals surface area contributed by atoms with Crippen LogP contribution in [-0.4, -0.2) is 87.1 Å². The Labute approximate surface area is 330 Å². The van der Waals surface area contributed by atoms with Gasteiger partial charge in [0.15, 0.2) is 0 Å². The van der Waals surface area contributed by atoms with E-state index in [2.05, 4.69) is 30.6 Å². The Morgan fingerprint density at radius 1 is 0.649 bits per heavy atom. The van der Waals surface area contributed by atoms with Gasteiger partial charge in [-0.15, -0.1) is 0 Å². The monoisotopic (exact) mass is 768 g/mol. The molecule has 4 N–H and O–H groups in total. The third kappa shape index (κ3) is 8.20. The topological polar surface area (TPSA) is 175 Å². The maximum Gasteiger partial charge on any atom is 0.407 e. The second-order valence-electron chi connectivity index (χ2n) is 14.1. The second kappa shape index (κ2) is 16.8. The summed E-state index contributed by atoms with van der Waals surface area (Å²) in [7, 11) is 2.54. The van der Waals surface area contributed by atoms with E-state index in [1.54, 1.807) is 34.3 Å². The van der Waals surface area contributed by atoms with Gasteiger partial charge in [-0.05, 0) is 33.7 Å². The number of aromatic nitrogens is 4. The fourth-order valence-electron chi connectivity index (χ4n) is 7.08. The molecule has 2 unspecified atom stereocenters. The second-order valence-corrected chi connectivity index (χ2v) is 14.1. The third-order valence-electron chi connectivity index (χ3n) is 10.2. The molecule has 0 fully saturated rings. The summed E-state index contributed by atoms with van der Waals surface area (Å²) < 4.78 is 9.54. The van der Waals surface area contributed by atoms with Crippen LogP contribution in [0.2, 0.25) is 0 Å². The number of nitrogens with zero attached hydrogens (tertiary/aromatic N) is 4. The van der Waals surface area contributed by atoms with E-state index in [-0.39, 0.29) is 17.7 Å². The van der Waals surface area contributed by atoms with Crippen molar-refractivity contribution in [3.8, 4) is 33.6 Å². The van der Waals surface area contributed by atoms with Crippen LogP contribution in [-0.2, 0) is 19.1 Å². The van der Waals surface area contributed by atoms with Crippen LogP contribution < -0.4 is 10.6 Å². The van der Waals surface area contributed by atoms with Gasteiger partial charge in [-0.1, -0.05) is 117 Å². The number of carbonyl (C=O) groups excluding carboxylic acids is 4. The van der Waals surface area contributed by atoms with Crippen molar-refractivity contribution in [2.45, 2.75) is 38.0 Å². The Balaban J connectivity index is 1.01. The predicted molar refractivity (Wildman–Crippen MR) is 213 cm³/mol. The van der Waals surface area contributed by atoms with Crippen LogP contribution in [0.25, 0.3) is 33.6 Å². The molecular formula is C43H44N8O6. The molecule has 57 heavy (non-hydrogen) atoms. The van der Waals surface area contributed by atoms with Crippen LogP contribution >= 0.6 is 0 Å². The third-order valence-corrected chi connectivity index (χ3v) is 10.2. The predicted octanol–water partition coefficient (Wildman–Crippen LogP) is 6.49. The van der Waals surface area contributed by atoms with Crippen LogP contribution in [0, 0.1) is 5.92 Å². The van der Waals surface area contributed by atoms with Gasteiger partial charge in [-0.3, -0.25) is 9.59 Å². The first-order chi connectivity index (χ1) is 27.6. The number of aromatic amines is 2. The molecule has 4 atom stereocenters.